The largest absolute Gasteiger partial charge is 0.479 e. The van der Waals surface area contributed by atoms with Crippen LogP contribution in [-0.2, 0) is 42.9 Å². The number of aliphatic carboxylic acids is 1. The van der Waals surface area contributed by atoms with Crippen LogP contribution < -0.4 is 0 Å². The molecule has 1 aliphatic heterocycles. The number of unbranched alkanes of at least 4 members (excludes halogenated alkanes) is 17. The van der Waals surface area contributed by atoms with Crippen molar-refractivity contribution in [1.29, 1.82) is 0 Å². The van der Waals surface area contributed by atoms with Crippen molar-refractivity contribution in [1.82, 2.24) is 0 Å². The summed E-state index contributed by atoms with van der Waals surface area (Å²) in [6, 6.07) is 0. The maximum absolute atomic E-state index is 13.1. The lowest BCUT2D eigenvalue weighted by Gasteiger charge is -2.40. The Hall–Kier alpha value is -4.36. The first kappa shape index (κ1) is 66.7. The molecule has 1 aliphatic rings. The van der Waals surface area contributed by atoms with Gasteiger partial charge >= 0.3 is 23.9 Å². The van der Waals surface area contributed by atoms with Gasteiger partial charge in [0.1, 0.15) is 18.8 Å². The van der Waals surface area contributed by atoms with Gasteiger partial charge in [-0.05, 0) is 103 Å². The van der Waals surface area contributed by atoms with Crippen molar-refractivity contribution < 1.29 is 58.2 Å². The minimum Gasteiger partial charge on any atom is -0.479 e. The molecule has 1 heterocycles. The molecular formula is C61H98O12. The van der Waals surface area contributed by atoms with Gasteiger partial charge in [-0.25, -0.2) is 4.79 Å². The Labute approximate surface area is 441 Å². The van der Waals surface area contributed by atoms with Crippen LogP contribution in [0.1, 0.15) is 213 Å². The van der Waals surface area contributed by atoms with Gasteiger partial charge in [-0.2, -0.15) is 0 Å². The summed E-state index contributed by atoms with van der Waals surface area (Å²) in [7, 11) is 0. The molecule has 0 aromatic carbocycles. The van der Waals surface area contributed by atoms with E-state index in [1.165, 1.54) is 44.9 Å². The standard InChI is InChI=1S/C61H98O12/c1-4-7-10-13-16-19-22-25-27-30-32-35-38-41-44-47-53(62)69-50-52(71-54(63)48-45-42-39-36-34-31-28-26-23-20-17-14-11-8-5-2)51-70-61-59(57(66)56(65)58(73-61)60(67)68)72-55(64)49-46-43-40-37-33-29-24-21-18-15-12-9-6-3/h7,10,16-17,19-21,24-28,32,35,41,44,52,56-59,61,65-66H,4-6,8-9,11-15,18,22-23,29-31,33-34,36-40,42-43,45-51H2,1-3H3,(H,67,68)/b10-7-,19-16-,20-17-,24-21-,27-25-,28-26-,35-32-,44-41-. The minimum atomic E-state index is -1.92. The summed E-state index contributed by atoms with van der Waals surface area (Å²) in [4.78, 5) is 50.9. The fraction of sp³-hybridized carbons (Fsp3) is 0.672. The second-order valence-electron chi connectivity index (χ2n) is 18.8. The molecule has 12 heteroatoms. The summed E-state index contributed by atoms with van der Waals surface area (Å²) in [5.41, 5.74) is 0. The van der Waals surface area contributed by atoms with Crippen molar-refractivity contribution in [2.75, 3.05) is 13.2 Å². The normalized spacial score (nSPS) is 19.1. The van der Waals surface area contributed by atoms with Gasteiger partial charge in [-0.1, -0.05) is 189 Å². The third kappa shape index (κ3) is 38.8. The van der Waals surface area contributed by atoms with E-state index in [2.05, 4.69) is 99.8 Å². The maximum Gasteiger partial charge on any atom is 0.335 e. The highest BCUT2D eigenvalue weighted by molar-refractivity contribution is 5.74. The van der Waals surface area contributed by atoms with Gasteiger partial charge in [-0.3, -0.25) is 14.4 Å². The second kappa shape index (κ2) is 48.6. The van der Waals surface area contributed by atoms with Gasteiger partial charge < -0.3 is 39.0 Å². The van der Waals surface area contributed by atoms with Crippen LogP contribution in [-0.4, -0.2) is 89.2 Å². The number of ether oxygens (including phenoxy) is 5. The molecule has 0 aromatic heterocycles. The maximum atomic E-state index is 13.1. The molecule has 6 atom stereocenters. The number of hydrogen-bond donors (Lipinski definition) is 3. The second-order valence-corrected chi connectivity index (χ2v) is 18.8. The van der Waals surface area contributed by atoms with Crippen LogP contribution in [0, 0.1) is 0 Å². The Morgan fingerprint density at radius 2 is 0.904 bits per heavy atom. The van der Waals surface area contributed by atoms with E-state index in [9.17, 15) is 34.5 Å². The van der Waals surface area contributed by atoms with E-state index in [1.54, 1.807) is 6.08 Å². The molecule has 0 amide bonds. The van der Waals surface area contributed by atoms with Crippen molar-refractivity contribution in [2.45, 2.75) is 250 Å². The molecule has 12 nitrogen and oxygen atoms in total. The lowest BCUT2D eigenvalue weighted by atomic mass is 9.98. The number of carboxylic acids is 1. The number of aliphatic hydroxyl groups excluding tert-OH is 2. The fourth-order valence-corrected chi connectivity index (χ4v) is 7.82. The van der Waals surface area contributed by atoms with Gasteiger partial charge in [0.05, 0.1) is 13.0 Å². The van der Waals surface area contributed by atoms with E-state index >= 15 is 0 Å². The minimum absolute atomic E-state index is 0.0221. The quantitative estimate of drug-likeness (QED) is 0.0228. The van der Waals surface area contributed by atoms with Crippen molar-refractivity contribution in [3.05, 3.63) is 97.2 Å². The number of hydrogen-bond acceptors (Lipinski definition) is 11. The number of carbonyl (C=O) groups is 4. The molecule has 0 spiro atoms. The highest BCUT2D eigenvalue weighted by Gasteiger charge is 2.50. The highest BCUT2D eigenvalue weighted by atomic mass is 16.7. The predicted octanol–water partition coefficient (Wildman–Crippen LogP) is 14.1. The number of rotatable bonds is 46. The summed E-state index contributed by atoms with van der Waals surface area (Å²) < 4.78 is 28.2. The van der Waals surface area contributed by atoms with Crippen LogP contribution in [0.5, 0.6) is 0 Å². The van der Waals surface area contributed by atoms with Crippen molar-refractivity contribution in [2.24, 2.45) is 0 Å². The van der Waals surface area contributed by atoms with E-state index in [1.807, 2.05) is 12.2 Å². The molecule has 0 bridgehead atoms. The molecule has 414 valence electrons. The summed E-state index contributed by atoms with van der Waals surface area (Å²) in [6.45, 7) is 5.71. The molecule has 1 rings (SSSR count). The van der Waals surface area contributed by atoms with E-state index in [4.69, 9.17) is 23.7 Å². The Morgan fingerprint density at radius 1 is 0.479 bits per heavy atom. The number of allylic oxidation sites excluding steroid dienone is 15. The molecule has 0 saturated carbocycles. The first-order valence-corrected chi connectivity index (χ1v) is 28.2. The smallest absolute Gasteiger partial charge is 0.335 e. The van der Waals surface area contributed by atoms with Gasteiger partial charge in [-0.15, -0.1) is 0 Å². The lowest BCUT2D eigenvalue weighted by molar-refractivity contribution is -0.301. The summed E-state index contributed by atoms with van der Waals surface area (Å²) >= 11 is 0. The first-order chi connectivity index (χ1) is 35.6. The average Bonchev–Trinajstić information content (AvgIpc) is 3.37. The number of carbonyl (C=O) groups excluding carboxylic acids is 3. The zero-order valence-corrected chi connectivity index (χ0v) is 45.3. The molecule has 1 fully saturated rings. The Kier molecular flexibility index (Phi) is 44.4. The van der Waals surface area contributed by atoms with Gasteiger partial charge in [0, 0.05) is 12.8 Å². The zero-order valence-electron chi connectivity index (χ0n) is 45.3. The number of carboxylic acid groups (broad SMARTS) is 1. The topological polar surface area (TPSA) is 175 Å². The predicted molar refractivity (Wildman–Crippen MR) is 294 cm³/mol. The molecular weight excluding hydrogens is 925 g/mol. The number of esters is 3. The average molecular weight is 1020 g/mol. The van der Waals surface area contributed by atoms with Gasteiger partial charge in [0.15, 0.2) is 24.6 Å². The van der Waals surface area contributed by atoms with Crippen LogP contribution in [0.2, 0.25) is 0 Å². The van der Waals surface area contributed by atoms with Crippen LogP contribution in [0.15, 0.2) is 97.2 Å². The highest BCUT2D eigenvalue weighted by Crippen LogP contribution is 2.26. The molecule has 3 N–H and O–H groups in total. The van der Waals surface area contributed by atoms with Crippen LogP contribution in [0.4, 0.5) is 0 Å². The molecule has 1 saturated heterocycles. The fourth-order valence-electron chi connectivity index (χ4n) is 7.82. The summed E-state index contributed by atoms with van der Waals surface area (Å²) in [5, 5.41) is 31.4. The monoisotopic (exact) mass is 1020 g/mol. The third-order valence-corrected chi connectivity index (χ3v) is 12.1. The van der Waals surface area contributed by atoms with E-state index in [0.29, 0.717) is 19.3 Å². The number of aliphatic hydroxyl groups is 2. The molecule has 73 heavy (non-hydrogen) atoms. The Bertz CT molecular complexity index is 1640. The molecule has 6 unspecified atom stereocenters. The van der Waals surface area contributed by atoms with E-state index < -0.39 is 67.3 Å². The van der Waals surface area contributed by atoms with Crippen LogP contribution >= 0.6 is 0 Å². The zero-order chi connectivity index (χ0) is 53.3. The summed E-state index contributed by atoms with van der Waals surface area (Å²) in [5.74, 6) is -3.32. The summed E-state index contributed by atoms with van der Waals surface area (Å²) in [6.07, 6.45) is 51.2. The van der Waals surface area contributed by atoms with Crippen LogP contribution in [0.3, 0.4) is 0 Å². The van der Waals surface area contributed by atoms with Gasteiger partial charge in [0.25, 0.3) is 0 Å². The first-order valence-electron chi connectivity index (χ1n) is 28.2. The van der Waals surface area contributed by atoms with Crippen molar-refractivity contribution in [3.8, 4) is 0 Å². The molecule has 0 aliphatic carbocycles. The van der Waals surface area contributed by atoms with Crippen molar-refractivity contribution in [3.63, 3.8) is 0 Å². The van der Waals surface area contributed by atoms with E-state index in [-0.39, 0.29) is 25.9 Å². The molecule has 0 aromatic rings. The molecule has 0 radical (unpaired) electrons. The van der Waals surface area contributed by atoms with E-state index in [0.717, 1.165) is 109 Å². The SMILES string of the molecule is CC/C=C\C/C=C\C/C=C\C/C=C\C/C=C\CC(=O)OCC(COC1OC(C(=O)O)C(O)C(O)C1OC(=O)CCCCCCC/C=C\CCCCCC)OC(=O)CCCCCCC/C=C\C/C=C\CCCCC. The third-order valence-electron chi connectivity index (χ3n) is 12.1. The lowest BCUT2D eigenvalue weighted by Crippen LogP contribution is -2.61. The van der Waals surface area contributed by atoms with Gasteiger partial charge in [0.2, 0.25) is 0 Å². The van der Waals surface area contributed by atoms with Crippen LogP contribution in [0.25, 0.3) is 0 Å². The van der Waals surface area contributed by atoms with Crippen molar-refractivity contribution >= 4 is 23.9 Å². The Balaban J connectivity index is 2.79. The Morgan fingerprint density at radius 3 is 1.42 bits per heavy atom.